The van der Waals surface area contributed by atoms with Gasteiger partial charge in [-0.1, -0.05) is 18.2 Å². The third-order valence-electron chi connectivity index (χ3n) is 4.16. The second-order valence-corrected chi connectivity index (χ2v) is 6.43. The number of nitrogens with two attached hydrogens (primary N) is 2. The minimum absolute atomic E-state index is 0.359. The highest BCUT2D eigenvalue weighted by Gasteiger charge is 2.04. The van der Waals surface area contributed by atoms with Crippen LogP contribution in [-0.2, 0) is 4.79 Å². The van der Waals surface area contributed by atoms with Crippen LogP contribution < -0.4 is 16.8 Å². The predicted molar refractivity (Wildman–Crippen MR) is 119 cm³/mol. The molecule has 3 rings (SSSR count). The van der Waals surface area contributed by atoms with Crippen LogP contribution in [0.1, 0.15) is 32.9 Å². The molecule has 2 aromatic carbocycles. The zero-order valence-corrected chi connectivity index (χ0v) is 16.3. The van der Waals surface area contributed by atoms with Crippen molar-refractivity contribution in [2.45, 2.75) is 0 Å². The minimum atomic E-state index is -0.490. The monoisotopic (exact) mass is 410 g/mol. The molecule has 0 aliphatic heterocycles. The maximum absolute atomic E-state index is 12.1. The summed E-state index contributed by atoms with van der Waals surface area (Å²) in [6.07, 6.45) is 9.43. The first-order valence-corrected chi connectivity index (χ1v) is 9.13. The number of carbonyl (C=O) groups is 2. The number of nitrogens with zero attached hydrogens (tertiary/aromatic N) is 3. The number of carbonyl (C=O) groups excluding carboxylic acids is 2. The molecule has 1 aromatic heterocycles. The Bertz CT molecular complexity index is 1220. The molecule has 0 aliphatic carbocycles. The Kier molecular flexibility index (Phi) is 6.50. The molecule has 0 aliphatic rings. The molecule has 8 heteroatoms. The quantitative estimate of drug-likeness (QED) is 0.420. The van der Waals surface area contributed by atoms with Gasteiger partial charge in [0.25, 0.3) is 0 Å². The Morgan fingerprint density at radius 3 is 2.42 bits per heavy atom. The highest BCUT2D eigenvalue weighted by atomic mass is 16.1. The summed E-state index contributed by atoms with van der Waals surface area (Å²) in [5, 5.41) is 11.6. The number of amides is 2. The van der Waals surface area contributed by atoms with Crippen LogP contribution in [-0.4, -0.2) is 21.8 Å². The lowest BCUT2D eigenvalue weighted by atomic mass is 10.1. The third-order valence-corrected chi connectivity index (χ3v) is 4.16. The van der Waals surface area contributed by atoms with Crippen molar-refractivity contribution in [1.82, 2.24) is 9.97 Å². The van der Waals surface area contributed by atoms with E-state index in [0.717, 1.165) is 5.56 Å². The second-order valence-electron chi connectivity index (χ2n) is 6.43. The summed E-state index contributed by atoms with van der Waals surface area (Å²) in [5.74, 6) is -0.905. The van der Waals surface area contributed by atoms with Crippen molar-refractivity contribution in [2.24, 2.45) is 5.73 Å². The van der Waals surface area contributed by atoms with Gasteiger partial charge in [0.2, 0.25) is 11.8 Å². The van der Waals surface area contributed by atoms with E-state index in [1.807, 2.05) is 12.1 Å². The van der Waals surface area contributed by atoms with Crippen LogP contribution in [0.5, 0.6) is 0 Å². The standard InChI is InChI=1S/C23H18N6O2/c24-12-16-5-8-20(25)21(11-16)29-22(30)9-7-19-14-27-18(13-28-19)6-4-15-2-1-3-17(10-15)23(26)31/h1-11,13-14H,25H2,(H2,26,31)(H,29,30)/b6-4+,9-7+. The van der Waals surface area contributed by atoms with E-state index in [4.69, 9.17) is 16.7 Å². The second kappa shape index (κ2) is 9.62. The van der Waals surface area contributed by atoms with Gasteiger partial charge in [-0.15, -0.1) is 0 Å². The molecule has 5 N–H and O–H groups in total. The molecule has 1 heterocycles. The van der Waals surface area contributed by atoms with Crippen LogP contribution in [0.4, 0.5) is 11.4 Å². The van der Waals surface area contributed by atoms with Crippen LogP contribution in [0.15, 0.2) is 60.9 Å². The Morgan fingerprint density at radius 1 is 1.00 bits per heavy atom. The molecule has 0 radical (unpaired) electrons. The van der Waals surface area contributed by atoms with Crippen LogP contribution in [0, 0.1) is 11.3 Å². The summed E-state index contributed by atoms with van der Waals surface area (Å²) in [5.41, 5.74) is 14.5. The lowest BCUT2D eigenvalue weighted by Crippen LogP contribution is -2.10. The van der Waals surface area contributed by atoms with Crippen LogP contribution >= 0.6 is 0 Å². The van der Waals surface area contributed by atoms with E-state index in [-0.39, 0.29) is 0 Å². The lowest BCUT2D eigenvalue weighted by molar-refractivity contribution is -0.111. The number of nitrogens with one attached hydrogen (secondary N) is 1. The number of anilines is 2. The first-order chi connectivity index (χ1) is 14.9. The van der Waals surface area contributed by atoms with E-state index in [1.165, 1.54) is 24.4 Å². The van der Waals surface area contributed by atoms with Crippen molar-refractivity contribution in [3.05, 3.63) is 89.0 Å². The Labute approximate surface area is 178 Å². The summed E-state index contributed by atoms with van der Waals surface area (Å²) >= 11 is 0. The summed E-state index contributed by atoms with van der Waals surface area (Å²) in [6, 6.07) is 13.5. The van der Waals surface area contributed by atoms with Gasteiger partial charge in [-0.3, -0.25) is 19.6 Å². The molecule has 8 nitrogen and oxygen atoms in total. The van der Waals surface area contributed by atoms with Gasteiger partial charge in [-0.25, -0.2) is 0 Å². The number of nitrogen functional groups attached to an aromatic ring is 1. The van der Waals surface area contributed by atoms with Crippen molar-refractivity contribution in [3.63, 3.8) is 0 Å². The zero-order valence-electron chi connectivity index (χ0n) is 16.3. The number of hydrogen-bond acceptors (Lipinski definition) is 6. The molecule has 0 unspecified atom stereocenters. The van der Waals surface area contributed by atoms with Gasteiger partial charge in [0.15, 0.2) is 0 Å². The van der Waals surface area contributed by atoms with Gasteiger partial charge in [-0.2, -0.15) is 5.26 Å². The molecule has 31 heavy (non-hydrogen) atoms. The van der Waals surface area contributed by atoms with Gasteiger partial charge in [-0.05, 0) is 48.0 Å². The third kappa shape index (κ3) is 5.85. The summed E-state index contributed by atoms with van der Waals surface area (Å²) < 4.78 is 0. The number of nitriles is 1. The molecule has 0 saturated carbocycles. The highest BCUT2D eigenvalue weighted by Crippen LogP contribution is 2.19. The predicted octanol–water partition coefficient (Wildman–Crippen LogP) is 2.85. The molecule has 152 valence electrons. The zero-order chi connectivity index (χ0) is 22.2. The number of aromatic nitrogens is 2. The Hall–Kier alpha value is -4.77. The van der Waals surface area contributed by atoms with Crippen LogP contribution in [0.3, 0.4) is 0 Å². The average molecular weight is 410 g/mol. The molecule has 2 amide bonds. The van der Waals surface area contributed by atoms with E-state index in [1.54, 1.807) is 48.7 Å². The van der Waals surface area contributed by atoms with Gasteiger partial charge >= 0.3 is 0 Å². The van der Waals surface area contributed by atoms with Crippen molar-refractivity contribution < 1.29 is 9.59 Å². The maximum Gasteiger partial charge on any atom is 0.248 e. The van der Waals surface area contributed by atoms with Crippen molar-refractivity contribution in [1.29, 1.82) is 5.26 Å². The summed E-state index contributed by atoms with van der Waals surface area (Å²) in [6.45, 7) is 0. The minimum Gasteiger partial charge on any atom is -0.397 e. The molecule has 0 saturated heterocycles. The first-order valence-electron chi connectivity index (χ1n) is 9.13. The van der Waals surface area contributed by atoms with E-state index in [2.05, 4.69) is 15.3 Å². The van der Waals surface area contributed by atoms with E-state index in [0.29, 0.717) is 33.9 Å². The summed E-state index contributed by atoms with van der Waals surface area (Å²) in [7, 11) is 0. The molecule has 0 bridgehead atoms. The number of primary amides is 1. The normalized spacial score (nSPS) is 10.8. The summed E-state index contributed by atoms with van der Waals surface area (Å²) in [4.78, 5) is 31.9. The number of rotatable bonds is 6. The number of benzene rings is 2. The van der Waals surface area contributed by atoms with E-state index in [9.17, 15) is 9.59 Å². The fraction of sp³-hybridized carbons (Fsp3) is 0. The topological polar surface area (TPSA) is 148 Å². The molecule has 3 aromatic rings. The number of hydrogen-bond donors (Lipinski definition) is 3. The van der Waals surface area contributed by atoms with Gasteiger partial charge in [0.1, 0.15) is 0 Å². The van der Waals surface area contributed by atoms with Gasteiger partial charge < -0.3 is 16.8 Å². The molecular weight excluding hydrogens is 392 g/mol. The first kappa shape index (κ1) is 21.0. The molecule has 0 atom stereocenters. The average Bonchev–Trinajstić information content (AvgIpc) is 2.78. The largest absolute Gasteiger partial charge is 0.397 e. The van der Waals surface area contributed by atoms with Crippen molar-refractivity contribution >= 4 is 41.4 Å². The van der Waals surface area contributed by atoms with Crippen LogP contribution in [0.25, 0.3) is 18.2 Å². The maximum atomic E-state index is 12.1. The van der Waals surface area contributed by atoms with Crippen LogP contribution in [0.2, 0.25) is 0 Å². The lowest BCUT2D eigenvalue weighted by Gasteiger charge is -2.06. The fourth-order valence-electron chi connectivity index (χ4n) is 2.57. The molecule has 0 spiro atoms. The van der Waals surface area contributed by atoms with E-state index < -0.39 is 11.8 Å². The Morgan fingerprint density at radius 2 is 1.74 bits per heavy atom. The fourth-order valence-corrected chi connectivity index (χ4v) is 2.57. The smallest absolute Gasteiger partial charge is 0.248 e. The highest BCUT2D eigenvalue weighted by molar-refractivity contribution is 6.03. The molecular formula is C23H18N6O2. The SMILES string of the molecule is N#Cc1ccc(N)c(NC(=O)/C=C/c2cnc(/C=C/c3cccc(C(N)=O)c3)cn2)c1. The molecule has 0 fully saturated rings. The van der Waals surface area contributed by atoms with Crippen molar-refractivity contribution in [2.75, 3.05) is 11.1 Å². The van der Waals surface area contributed by atoms with Gasteiger partial charge in [0, 0.05) is 11.6 Å². The van der Waals surface area contributed by atoms with E-state index >= 15 is 0 Å². The van der Waals surface area contributed by atoms with Gasteiger partial charge in [0.05, 0.1) is 46.8 Å². The Balaban J connectivity index is 1.63. The van der Waals surface area contributed by atoms with Crippen molar-refractivity contribution in [3.8, 4) is 6.07 Å².